The molecule has 0 aliphatic carbocycles. The highest BCUT2D eigenvalue weighted by atomic mass is 28.3. The van der Waals surface area contributed by atoms with Crippen LogP contribution in [0.4, 0.5) is 14.5 Å². The molecule has 1 N–H and O–H groups in total. The van der Waals surface area contributed by atoms with Crippen molar-refractivity contribution in [1.82, 2.24) is 9.55 Å². The van der Waals surface area contributed by atoms with Gasteiger partial charge in [-0.05, 0) is 29.8 Å². The van der Waals surface area contributed by atoms with Crippen LogP contribution in [0.15, 0.2) is 65.9 Å². The molecule has 3 heterocycles. The molecule has 0 amide bonds. The number of pyridine rings is 1. The van der Waals surface area contributed by atoms with E-state index in [2.05, 4.69) is 34.9 Å². The third-order valence-corrected chi connectivity index (χ3v) is 8.49. The maximum absolute atomic E-state index is 15.7. The predicted octanol–water partition coefficient (Wildman–Crippen LogP) is 7.91. The molecule has 2 aromatic heterocycles. The third-order valence-electron chi connectivity index (χ3n) is 6.78. The Hall–Kier alpha value is -3.76. The third kappa shape index (κ3) is 6.77. The number of fused-ring (bicyclic) bond motifs is 1. The fourth-order valence-corrected chi connectivity index (χ4v) is 5.17. The first-order valence-corrected chi connectivity index (χ1v) is 17.4. The number of hydrogen-bond acceptors (Lipinski definition) is 6. The van der Waals surface area contributed by atoms with Gasteiger partial charge in [-0.1, -0.05) is 63.8 Å². The number of nitrogens with zero attached hydrogens (tertiary/aromatic N) is 3. The second-order valence-corrected chi connectivity index (χ2v) is 17.9. The lowest BCUT2D eigenvalue weighted by Gasteiger charge is -2.28. The van der Waals surface area contributed by atoms with E-state index < -0.39 is 25.5 Å². The van der Waals surface area contributed by atoms with E-state index in [0.717, 1.165) is 23.2 Å². The highest BCUT2D eigenvalue weighted by molar-refractivity contribution is 6.76. The number of aliphatic imine (C=N–C) groups is 1. The van der Waals surface area contributed by atoms with Gasteiger partial charge in [0.15, 0.2) is 11.6 Å². The lowest BCUT2D eigenvalue weighted by Crippen LogP contribution is -2.33. The molecule has 0 saturated heterocycles. The van der Waals surface area contributed by atoms with E-state index in [-0.39, 0.29) is 22.9 Å². The molecule has 0 atom stereocenters. The fourth-order valence-electron chi connectivity index (χ4n) is 4.41. The minimum absolute atomic E-state index is 0.00167. The van der Waals surface area contributed by atoms with Crippen molar-refractivity contribution in [3.63, 3.8) is 0 Å². The summed E-state index contributed by atoms with van der Waals surface area (Å²) in [5, 5.41) is 3.47. The summed E-state index contributed by atoms with van der Waals surface area (Å²) in [4.78, 5) is 8.94. The van der Waals surface area contributed by atoms with Gasteiger partial charge in [0.05, 0.1) is 24.2 Å². The number of nitrogens with one attached hydrogen (secondary N) is 1. The Morgan fingerprint density at radius 3 is 2.56 bits per heavy atom. The monoisotopic (exact) mass is 578 g/mol. The van der Waals surface area contributed by atoms with Gasteiger partial charge < -0.3 is 24.1 Å². The SMILES string of the molecule is CC1(C)CN=C(Nc2ccc(F)c(Oc3ccnc4c3c(-c3ccccc3)cn4COCC[Si](C)(C)C)c2F)OC1. The average molecular weight is 579 g/mol. The molecule has 10 heteroatoms. The average Bonchev–Trinajstić information content (AvgIpc) is 3.31. The number of aromatic nitrogens is 2. The van der Waals surface area contributed by atoms with Crippen LogP contribution in [-0.2, 0) is 16.2 Å². The Morgan fingerprint density at radius 2 is 1.85 bits per heavy atom. The smallest absolute Gasteiger partial charge is 0.289 e. The Kier molecular flexibility index (Phi) is 8.15. The van der Waals surface area contributed by atoms with Gasteiger partial charge in [-0.2, -0.15) is 0 Å². The number of rotatable bonds is 9. The Balaban J connectivity index is 1.49. The molecule has 41 heavy (non-hydrogen) atoms. The summed E-state index contributed by atoms with van der Waals surface area (Å²) in [6, 6.07) is 15.0. The summed E-state index contributed by atoms with van der Waals surface area (Å²) in [5.41, 5.74) is 2.22. The first-order valence-electron chi connectivity index (χ1n) is 13.7. The van der Waals surface area contributed by atoms with E-state index in [9.17, 15) is 0 Å². The van der Waals surface area contributed by atoms with Gasteiger partial charge in [-0.3, -0.25) is 0 Å². The van der Waals surface area contributed by atoms with Gasteiger partial charge in [-0.15, -0.1) is 0 Å². The quantitative estimate of drug-likeness (QED) is 0.161. The van der Waals surface area contributed by atoms with Gasteiger partial charge in [0.1, 0.15) is 18.1 Å². The van der Waals surface area contributed by atoms with Crippen LogP contribution in [0.5, 0.6) is 11.5 Å². The van der Waals surface area contributed by atoms with Crippen LogP contribution in [0.1, 0.15) is 13.8 Å². The number of hydrogen-bond donors (Lipinski definition) is 1. The van der Waals surface area contributed by atoms with Crippen molar-refractivity contribution in [2.75, 3.05) is 25.1 Å². The van der Waals surface area contributed by atoms with Crippen LogP contribution in [0.2, 0.25) is 25.7 Å². The zero-order valence-corrected chi connectivity index (χ0v) is 25.1. The minimum atomic E-state index is -1.25. The summed E-state index contributed by atoms with van der Waals surface area (Å²) in [5.74, 6) is -1.97. The standard InChI is InChI=1S/C31H36F2N4O3Si/c1-31(2)18-35-30(39-19-31)36-24-12-11-23(32)28(27(24)33)40-25-13-14-34-29-26(25)22(21-9-7-6-8-10-21)17-37(29)20-38-15-16-41(3,4)5/h6-14,17H,15-16,18-20H2,1-5H3,(H,35,36). The van der Waals surface area contributed by atoms with Crippen molar-refractivity contribution in [3.05, 3.63) is 72.6 Å². The van der Waals surface area contributed by atoms with E-state index >= 15 is 8.78 Å². The van der Waals surface area contributed by atoms with E-state index in [4.69, 9.17) is 14.2 Å². The molecule has 4 aromatic rings. The van der Waals surface area contributed by atoms with E-state index in [0.29, 0.717) is 37.5 Å². The van der Waals surface area contributed by atoms with Crippen molar-refractivity contribution in [2.24, 2.45) is 10.4 Å². The molecule has 0 bridgehead atoms. The maximum atomic E-state index is 15.7. The van der Waals surface area contributed by atoms with Crippen LogP contribution in [0, 0.1) is 17.0 Å². The zero-order chi connectivity index (χ0) is 29.2. The molecule has 7 nitrogen and oxygen atoms in total. The lowest BCUT2D eigenvalue weighted by atomic mass is 9.95. The molecule has 0 unspecified atom stereocenters. The first kappa shape index (κ1) is 28.8. The summed E-state index contributed by atoms with van der Waals surface area (Å²) < 4.78 is 50.3. The van der Waals surface area contributed by atoms with Crippen molar-refractivity contribution in [1.29, 1.82) is 0 Å². The van der Waals surface area contributed by atoms with Gasteiger partial charge >= 0.3 is 0 Å². The van der Waals surface area contributed by atoms with Crippen LogP contribution < -0.4 is 10.1 Å². The van der Waals surface area contributed by atoms with E-state index in [1.807, 2.05) is 54.9 Å². The minimum Gasteiger partial charge on any atom is -0.464 e. The molecule has 1 aliphatic heterocycles. The molecule has 0 saturated carbocycles. The fraction of sp³-hybridized carbons (Fsp3) is 0.355. The largest absolute Gasteiger partial charge is 0.464 e. The molecular formula is C31H36F2N4O3Si. The Morgan fingerprint density at radius 1 is 1.07 bits per heavy atom. The summed E-state index contributed by atoms with van der Waals surface area (Å²) >= 11 is 0. The van der Waals surface area contributed by atoms with Crippen molar-refractivity contribution < 1.29 is 23.0 Å². The number of anilines is 1. The molecule has 0 fully saturated rings. The Bertz CT molecular complexity index is 1570. The van der Waals surface area contributed by atoms with Crippen LogP contribution in [0.25, 0.3) is 22.2 Å². The predicted molar refractivity (Wildman–Crippen MR) is 161 cm³/mol. The number of halogens is 2. The van der Waals surface area contributed by atoms with E-state index in [1.165, 1.54) is 6.07 Å². The van der Waals surface area contributed by atoms with Crippen molar-refractivity contribution in [2.45, 2.75) is 46.3 Å². The summed E-state index contributed by atoms with van der Waals surface area (Å²) in [6.45, 7) is 12.9. The molecule has 5 rings (SSSR count). The summed E-state index contributed by atoms with van der Waals surface area (Å²) in [7, 11) is -1.25. The highest BCUT2D eigenvalue weighted by Crippen LogP contribution is 2.40. The molecule has 216 valence electrons. The second-order valence-electron chi connectivity index (χ2n) is 12.3. The second kappa shape index (κ2) is 11.6. The molecule has 2 aromatic carbocycles. The van der Waals surface area contributed by atoms with Crippen LogP contribution in [0.3, 0.4) is 0 Å². The van der Waals surface area contributed by atoms with Gasteiger partial charge in [-0.25, -0.2) is 18.8 Å². The number of amidine groups is 1. The molecule has 0 spiro atoms. The number of benzene rings is 2. The van der Waals surface area contributed by atoms with Crippen LogP contribution in [-0.4, -0.2) is 43.4 Å². The van der Waals surface area contributed by atoms with E-state index in [1.54, 1.807) is 12.3 Å². The summed E-state index contributed by atoms with van der Waals surface area (Å²) in [6.07, 6.45) is 3.51. The van der Waals surface area contributed by atoms with Gasteiger partial charge in [0.25, 0.3) is 6.02 Å². The maximum Gasteiger partial charge on any atom is 0.289 e. The van der Waals surface area contributed by atoms with Crippen LogP contribution >= 0.6 is 0 Å². The lowest BCUT2D eigenvalue weighted by molar-refractivity contribution is 0.0899. The van der Waals surface area contributed by atoms with Crippen molar-refractivity contribution >= 4 is 30.8 Å². The topological polar surface area (TPSA) is 69.9 Å². The highest BCUT2D eigenvalue weighted by Gasteiger charge is 2.26. The van der Waals surface area contributed by atoms with Gasteiger partial charge in [0, 0.05) is 38.1 Å². The van der Waals surface area contributed by atoms with Gasteiger partial charge in [0.2, 0.25) is 5.75 Å². The molecular weight excluding hydrogens is 542 g/mol. The van der Waals surface area contributed by atoms with Crippen molar-refractivity contribution in [3.8, 4) is 22.6 Å². The Labute approximate surface area is 240 Å². The number of ether oxygens (including phenoxy) is 3. The molecule has 1 aliphatic rings. The zero-order valence-electron chi connectivity index (χ0n) is 24.1. The normalized spacial score (nSPS) is 15.0. The first-order chi connectivity index (χ1) is 19.5. The molecule has 0 radical (unpaired) electrons.